The predicted octanol–water partition coefficient (Wildman–Crippen LogP) is 2.58. The van der Waals surface area contributed by atoms with E-state index >= 15 is 0 Å². The zero-order valence-corrected chi connectivity index (χ0v) is 12.7. The number of rotatable bonds is 10. The highest BCUT2D eigenvalue weighted by Gasteiger charge is 2.00. The van der Waals surface area contributed by atoms with E-state index in [-0.39, 0.29) is 0 Å². The van der Waals surface area contributed by atoms with Gasteiger partial charge in [-0.05, 0) is 44.5 Å². The van der Waals surface area contributed by atoms with Gasteiger partial charge in [0.25, 0.3) is 0 Å². The van der Waals surface area contributed by atoms with Gasteiger partial charge in [-0.2, -0.15) is 0 Å². The third kappa shape index (κ3) is 8.73. The highest BCUT2D eigenvalue weighted by molar-refractivity contribution is 5.03. The summed E-state index contributed by atoms with van der Waals surface area (Å²) in [7, 11) is 2.18. The molecule has 19 heavy (non-hydrogen) atoms. The van der Waals surface area contributed by atoms with Crippen molar-refractivity contribution in [3.05, 3.63) is 30.1 Å². The van der Waals surface area contributed by atoms with Crippen molar-refractivity contribution in [3.63, 3.8) is 0 Å². The molecule has 3 heteroatoms. The first-order chi connectivity index (χ1) is 9.18. The van der Waals surface area contributed by atoms with Crippen LogP contribution < -0.4 is 5.32 Å². The summed E-state index contributed by atoms with van der Waals surface area (Å²) in [5.41, 5.74) is 1.18. The van der Waals surface area contributed by atoms with Crippen molar-refractivity contribution < 1.29 is 0 Å². The van der Waals surface area contributed by atoms with E-state index in [4.69, 9.17) is 0 Å². The van der Waals surface area contributed by atoms with Crippen LogP contribution in [0.4, 0.5) is 0 Å². The molecule has 0 fully saturated rings. The maximum Gasteiger partial charge on any atom is 0.0416 e. The maximum absolute atomic E-state index is 4.35. The Morgan fingerprint density at radius 2 is 2.05 bits per heavy atom. The van der Waals surface area contributed by atoms with Gasteiger partial charge in [-0.15, -0.1) is 0 Å². The van der Waals surface area contributed by atoms with Gasteiger partial charge < -0.3 is 10.2 Å². The van der Waals surface area contributed by atoms with Crippen molar-refractivity contribution in [1.29, 1.82) is 0 Å². The van der Waals surface area contributed by atoms with E-state index in [1.807, 2.05) is 12.3 Å². The monoisotopic (exact) mass is 263 g/mol. The molecule has 0 unspecified atom stereocenters. The van der Waals surface area contributed by atoms with Gasteiger partial charge in [-0.25, -0.2) is 0 Å². The van der Waals surface area contributed by atoms with Crippen molar-refractivity contribution in [2.75, 3.05) is 33.2 Å². The molecule has 0 aliphatic rings. The van der Waals surface area contributed by atoms with Crippen LogP contribution in [0.2, 0.25) is 0 Å². The molecule has 0 saturated heterocycles. The van der Waals surface area contributed by atoms with Crippen molar-refractivity contribution in [1.82, 2.24) is 15.2 Å². The second-order valence-electron chi connectivity index (χ2n) is 5.66. The van der Waals surface area contributed by atoms with Crippen LogP contribution in [0, 0.1) is 5.92 Å². The Kier molecular flexibility index (Phi) is 8.43. The van der Waals surface area contributed by atoms with Crippen molar-refractivity contribution in [2.45, 2.75) is 33.1 Å². The summed E-state index contributed by atoms with van der Waals surface area (Å²) in [4.78, 5) is 6.71. The lowest BCUT2D eigenvalue weighted by Crippen LogP contribution is -2.31. The molecule has 0 bridgehead atoms. The fourth-order valence-corrected chi connectivity index (χ4v) is 1.99. The minimum absolute atomic E-state index is 0.822. The number of likely N-dealkylation sites (N-methyl/N-ethyl adjacent to an activating group) is 1. The van der Waals surface area contributed by atoms with Crippen molar-refractivity contribution in [3.8, 4) is 0 Å². The molecular weight excluding hydrogens is 234 g/mol. The normalized spacial score (nSPS) is 11.4. The average molecular weight is 263 g/mol. The minimum atomic E-state index is 0.822. The molecule has 0 aliphatic carbocycles. The van der Waals surface area contributed by atoms with Crippen LogP contribution in [0.1, 0.15) is 32.4 Å². The molecule has 0 saturated carbocycles. The highest BCUT2D eigenvalue weighted by atomic mass is 15.1. The summed E-state index contributed by atoms with van der Waals surface area (Å²) in [6, 6.07) is 6.12. The molecule has 0 spiro atoms. The first kappa shape index (κ1) is 16.1. The van der Waals surface area contributed by atoms with E-state index in [0.717, 1.165) is 38.5 Å². The number of hydrogen-bond acceptors (Lipinski definition) is 3. The summed E-state index contributed by atoms with van der Waals surface area (Å²) < 4.78 is 0. The van der Waals surface area contributed by atoms with Gasteiger partial charge in [-0.1, -0.05) is 19.9 Å². The molecule has 0 atom stereocenters. The Morgan fingerprint density at radius 3 is 2.74 bits per heavy atom. The molecule has 0 amide bonds. The van der Waals surface area contributed by atoms with Crippen LogP contribution in [0.5, 0.6) is 0 Å². The molecule has 3 nitrogen and oxygen atoms in total. The fourth-order valence-electron chi connectivity index (χ4n) is 1.99. The van der Waals surface area contributed by atoms with Crippen molar-refractivity contribution in [2.24, 2.45) is 5.92 Å². The zero-order chi connectivity index (χ0) is 13.9. The van der Waals surface area contributed by atoms with Gasteiger partial charge in [0.15, 0.2) is 0 Å². The largest absolute Gasteiger partial charge is 0.315 e. The molecule has 0 radical (unpaired) electrons. The first-order valence-corrected chi connectivity index (χ1v) is 7.47. The molecule has 1 aromatic rings. The van der Waals surface area contributed by atoms with Crippen LogP contribution >= 0.6 is 0 Å². The van der Waals surface area contributed by atoms with Gasteiger partial charge in [-0.3, -0.25) is 4.98 Å². The van der Waals surface area contributed by atoms with Crippen LogP contribution in [0.15, 0.2) is 24.4 Å². The lowest BCUT2D eigenvalue weighted by Gasteiger charge is -2.16. The van der Waals surface area contributed by atoms with E-state index < -0.39 is 0 Å². The summed E-state index contributed by atoms with van der Waals surface area (Å²) in [5, 5.41) is 3.51. The fraction of sp³-hybridized carbons (Fsp3) is 0.688. The number of nitrogens with one attached hydrogen (secondary N) is 1. The van der Waals surface area contributed by atoms with Gasteiger partial charge in [0, 0.05) is 37.9 Å². The average Bonchev–Trinajstić information content (AvgIpc) is 2.41. The van der Waals surface area contributed by atoms with Gasteiger partial charge in [0.05, 0.1) is 0 Å². The zero-order valence-electron chi connectivity index (χ0n) is 12.7. The van der Waals surface area contributed by atoms with Gasteiger partial charge in [0.1, 0.15) is 0 Å². The Balaban J connectivity index is 1.98. The third-order valence-corrected chi connectivity index (χ3v) is 3.28. The van der Waals surface area contributed by atoms with E-state index in [1.54, 1.807) is 0 Å². The van der Waals surface area contributed by atoms with E-state index in [9.17, 15) is 0 Å². The molecule has 1 N–H and O–H groups in total. The van der Waals surface area contributed by atoms with Crippen LogP contribution in [-0.4, -0.2) is 43.1 Å². The lowest BCUT2D eigenvalue weighted by atomic mass is 10.1. The topological polar surface area (TPSA) is 28.2 Å². The molecule has 108 valence electrons. The number of aromatic nitrogens is 1. The number of pyridine rings is 1. The van der Waals surface area contributed by atoms with E-state index in [1.165, 1.54) is 18.5 Å². The van der Waals surface area contributed by atoms with E-state index in [2.05, 4.69) is 48.2 Å². The first-order valence-electron chi connectivity index (χ1n) is 7.47. The Bertz CT molecular complexity index is 311. The summed E-state index contributed by atoms with van der Waals surface area (Å²) in [5.74, 6) is 0.822. The Morgan fingerprint density at radius 1 is 1.21 bits per heavy atom. The van der Waals surface area contributed by atoms with E-state index in [0.29, 0.717) is 0 Å². The highest BCUT2D eigenvalue weighted by Crippen LogP contribution is 2.01. The van der Waals surface area contributed by atoms with Crippen LogP contribution in [0.3, 0.4) is 0 Å². The molecule has 1 rings (SSSR count). The number of hydrogen-bond donors (Lipinski definition) is 1. The Labute approximate surface area is 118 Å². The molecule has 1 heterocycles. The van der Waals surface area contributed by atoms with Crippen LogP contribution in [0.25, 0.3) is 0 Å². The smallest absolute Gasteiger partial charge is 0.0416 e. The molecule has 0 aliphatic heterocycles. The quantitative estimate of drug-likeness (QED) is 0.658. The third-order valence-electron chi connectivity index (χ3n) is 3.28. The second kappa shape index (κ2) is 9.93. The number of nitrogens with zero attached hydrogens (tertiary/aromatic N) is 2. The van der Waals surface area contributed by atoms with Gasteiger partial charge in [0.2, 0.25) is 0 Å². The maximum atomic E-state index is 4.35. The summed E-state index contributed by atoms with van der Waals surface area (Å²) in [6.07, 6.45) is 5.51. The Hall–Kier alpha value is -0.930. The molecule has 0 aromatic carbocycles. The molecular formula is C16H29N3. The summed E-state index contributed by atoms with van der Waals surface area (Å²) >= 11 is 0. The van der Waals surface area contributed by atoms with Crippen LogP contribution in [-0.2, 0) is 6.42 Å². The standard InChI is InChI=1S/C16H29N3/c1-15(2)7-6-10-17-12-14-19(3)13-9-16-8-4-5-11-18-16/h4-5,8,11,15,17H,6-7,9-10,12-14H2,1-3H3. The van der Waals surface area contributed by atoms with Crippen molar-refractivity contribution >= 4 is 0 Å². The second-order valence-corrected chi connectivity index (χ2v) is 5.66. The van der Waals surface area contributed by atoms with Gasteiger partial charge >= 0.3 is 0 Å². The minimum Gasteiger partial charge on any atom is -0.315 e. The SMILES string of the molecule is CC(C)CCCNCCN(C)CCc1ccccn1. The lowest BCUT2D eigenvalue weighted by molar-refractivity contribution is 0.333. The predicted molar refractivity (Wildman–Crippen MR) is 82.4 cm³/mol. The summed E-state index contributed by atoms with van der Waals surface area (Å²) in [6.45, 7) is 8.97. The molecule has 1 aromatic heterocycles.